The number of carbonyl (C=O) groups excluding carboxylic acids is 3. The second-order valence-corrected chi connectivity index (χ2v) is 9.22. The van der Waals surface area contributed by atoms with Gasteiger partial charge in [-0.25, -0.2) is 4.79 Å². The van der Waals surface area contributed by atoms with Crippen molar-refractivity contribution in [2.75, 3.05) is 0 Å². The molecule has 2 aromatic rings. The highest BCUT2D eigenvalue weighted by Gasteiger charge is 2.32. The van der Waals surface area contributed by atoms with Crippen LogP contribution in [0.25, 0.3) is 10.9 Å². The lowest BCUT2D eigenvalue weighted by Gasteiger charge is -2.25. The van der Waals surface area contributed by atoms with Crippen molar-refractivity contribution in [1.29, 1.82) is 0 Å². The molecule has 0 saturated heterocycles. The normalized spacial score (nSPS) is 14.8. The molecule has 1 aromatic carbocycles. The number of fused-ring (bicyclic) bond motifs is 1. The van der Waals surface area contributed by atoms with E-state index in [4.69, 9.17) is 15.9 Å². The molecule has 218 valence electrons. The van der Waals surface area contributed by atoms with Gasteiger partial charge in [-0.2, -0.15) is 0 Å². The van der Waals surface area contributed by atoms with E-state index in [2.05, 4.69) is 20.9 Å². The van der Waals surface area contributed by atoms with Crippen molar-refractivity contribution in [2.45, 2.75) is 69.3 Å². The maximum atomic E-state index is 13.4. The third kappa shape index (κ3) is 9.36. The van der Waals surface area contributed by atoms with Crippen LogP contribution in [0.2, 0.25) is 0 Å². The zero-order valence-corrected chi connectivity index (χ0v) is 21.6. The first kappa shape index (κ1) is 31.7. The van der Waals surface area contributed by atoms with E-state index in [1.165, 1.54) is 6.92 Å². The summed E-state index contributed by atoms with van der Waals surface area (Å²) in [5, 5.41) is 44.7. The molecule has 0 aliphatic carbocycles. The minimum absolute atomic E-state index is 0.0856. The van der Waals surface area contributed by atoms with Crippen LogP contribution in [0.3, 0.4) is 0 Å². The molecule has 0 spiro atoms. The van der Waals surface area contributed by atoms with Crippen LogP contribution in [0.4, 0.5) is 0 Å². The van der Waals surface area contributed by atoms with Crippen LogP contribution in [-0.2, 0) is 35.2 Å². The lowest BCUT2D eigenvalue weighted by molar-refractivity contribution is -0.144. The van der Waals surface area contributed by atoms with Gasteiger partial charge in [0.2, 0.25) is 17.7 Å². The average Bonchev–Trinajstić information content (AvgIpc) is 3.29. The first-order valence-electron chi connectivity index (χ1n) is 12.4. The number of H-pyrrole nitrogens is 1. The minimum Gasteiger partial charge on any atom is -0.481 e. The molecule has 0 aliphatic heterocycles. The zero-order chi connectivity index (χ0) is 30.0. The standard InChI is InChI=1S/C25H33N5O10/c1-12(31)21(26)24(38)30-18(10-13-11-27-15-5-3-2-4-14(13)15)23(37)28-16(6-8-19(32)33)22(36)29-17(25(39)40)7-9-20(34)35/h2-5,11-12,16-18,21,27,31H,6-10,26H2,1H3,(H,28,37)(H,29,36)(H,30,38)(H,32,33)(H,34,35)(H,39,40). The highest BCUT2D eigenvalue weighted by molar-refractivity contribution is 5.95. The molecular weight excluding hydrogens is 530 g/mol. The van der Waals surface area contributed by atoms with Crippen molar-refractivity contribution in [2.24, 2.45) is 5.73 Å². The highest BCUT2D eigenvalue weighted by atomic mass is 16.4. The Labute approximate surface area is 228 Å². The summed E-state index contributed by atoms with van der Waals surface area (Å²) in [6.45, 7) is 1.29. The van der Waals surface area contributed by atoms with Gasteiger partial charge in [-0.05, 0) is 31.4 Å². The number of carboxylic acid groups (broad SMARTS) is 3. The monoisotopic (exact) mass is 563 g/mol. The lowest BCUT2D eigenvalue weighted by Crippen LogP contribution is -2.58. The molecule has 5 atom stereocenters. The summed E-state index contributed by atoms with van der Waals surface area (Å²) in [6, 6.07) is 1.28. The Morgan fingerprint density at radius 1 is 0.825 bits per heavy atom. The van der Waals surface area contributed by atoms with Crippen LogP contribution in [0.15, 0.2) is 30.5 Å². The number of amides is 3. The fourth-order valence-electron chi connectivity index (χ4n) is 3.82. The molecule has 40 heavy (non-hydrogen) atoms. The average molecular weight is 564 g/mol. The number of para-hydroxylation sites is 1. The second kappa shape index (κ2) is 14.6. The van der Waals surface area contributed by atoms with Gasteiger partial charge in [-0.15, -0.1) is 0 Å². The summed E-state index contributed by atoms with van der Waals surface area (Å²) >= 11 is 0. The van der Waals surface area contributed by atoms with Crippen LogP contribution >= 0.6 is 0 Å². The number of rotatable bonds is 16. The van der Waals surface area contributed by atoms with E-state index < -0.39 is 91.6 Å². The van der Waals surface area contributed by atoms with Gasteiger partial charge in [0.25, 0.3) is 0 Å². The third-order valence-electron chi connectivity index (χ3n) is 6.10. The van der Waals surface area contributed by atoms with E-state index in [1.54, 1.807) is 30.5 Å². The van der Waals surface area contributed by atoms with Crippen molar-refractivity contribution in [1.82, 2.24) is 20.9 Å². The molecule has 2 rings (SSSR count). The Bertz CT molecular complexity index is 1240. The molecule has 5 unspecified atom stereocenters. The number of aliphatic carboxylic acids is 3. The smallest absolute Gasteiger partial charge is 0.326 e. The molecule has 1 heterocycles. The molecule has 0 radical (unpaired) electrons. The van der Waals surface area contributed by atoms with E-state index in [0.29, 0.717) is 5.56 Å². The van der Waals surface area contributed by atoms with Crippen molar-refractivity contribution >= 4 is 46.5 Å². The van der Waals surface area contributed by atoms with Gasteiger partial charge in [-0.3, -0.25) is 24.0 Å². The summed E-state index contributed by atoms with van der Waals surface area (Å²) in [5.74, 6) is -6.91. The van der Waals surface area contributed by atoms with E-state index in [0.717, 1.165) is 10.9 Å². The second-order valence-electron chi connectivity index (χ2n) is 9.22. The van der Waals surface area contributed by atoms with Gasteiger partial charge in [0, 0.05) is 36.4 Å². The summed E-state index contributed by atoms with van der Waals surface area (Å²) in [6.07, 6.45) is -1.73. The minimum atomic E-state index is -1.61. The molecule has 10 N–H and O–H groups in total. The van der Waals surface area contributed by atoms with Crippen molar-refractivity contribution in [3.63, 3.8) is 0 Å². The number of hydrogen-bond donors (Lipinski definition) is 9. The molecule has 0 saturated carbocycles. The Morgan fingerprint density at radius 2 is 1.35 bits per heavy atom. The largest absolute Gasteiger partial charge is 0.481 e. The molecule has 1 aromatic heterocycles. The number of benzene rings is 1. The van der Waals surface area contributed by atoms with Crippen LogP contribution in [-0.4, -0.2) is 91.3 Å². The third-order valence-corrected chi connectivity index (χ3v) is 6.10. The fraction of sp³-hybridized carbons (Fsp3) is 0.440. The Hall–Kier alpha value is -4.50. The number of aromatic amines is 1. The molecule has 0 aliphatic rings. The van der Waals surface area contributed by atoms with Gasteiger partial charge in [0.1, 0.15) is 24.2 Å². The van der Waals surface area contributed by atoms with Gasteiger partial charge in [-0.1, -0.05) is 18.2 Å². The van der Waals surface area contributed by atoms with Crippen LogP contribution < -0.4 is 21.7 Å². The lowest BCUT2D eigenvalue weighted by atomic mass is 10.0. The number of carboxylic acids is 3. The number of aliphatic hydroxyl groups excluding tert-OH is 1. The molecular formula is C25H33N5O10. The molecule has 0 bridgehead atoms. The number of nitrogens with one attached hydrogen (secondary N) is 4. The van der Waals surface area contributed by atoms with E-state index in [1.807, 2.05) is 0 Å². The van der Waals surface area contributed by atoms with E-state index in [9.17, 15) is 39.0 Å². The predicted molar refractivity (Wildman–Crippen MR) is 139 cm³/mol. The summed E-state index contributed by atoms with van der Waals surface area (Å²) in [4.78, 5) is 75.5. The van der Waals surface area contributed by atoms with Crippen LogP contribution in [0.1, 0.15) is 38.2 Å². The molecule has 15 heteroatoms. The SMILES string of the molecule is CC(O)C(N)C(=O)NC(Cc1c[nH]c2ccccc12)C(=O)NC(CCC(=O)O)C(=O)NC(CCC(=O)O)C(=O)O. The number of carbonyl (C=O) groups is 6. The maximum Gasteiger partial charge on any atom is 0.326 e. The quantitative estimate of drug-likeness (QED) is 0.116. The van der Waals surface area contributed by atoms with E-state index >= 15 is 0 Å². The maximum absolute atomic E-state index is 13.4. The Kier molecular flexibility index (Phi) is 11.6. The molecule has 15 nitrogen and oxygen atoms in total. The number of nitrogens with two attached hydrogens (primary N) is 1. The van der Waals surface area contributed by atoms with Gasteiger partial charge in [0.15, 0.2) is 0 Å². The van der Waals surface area contributed by atoms with Crippen molar-refractivity contribution in [3.05, 3.63) is 36.0 Å². The van der Waals surface area contributed by atoms with Gasteiger partial charge >= 0.3 is 17.9 Å². The topological polar surface area (TPSA) is 261 Å². The first-order valence-corrected chi connectivity index (χ1v) is 12.4. The summed E-state index contributed by atoms with van der Waals surface area (Å²) in [5.41, 5.74) is 7.08. The van der Waals surface area contributed by atoms with Crippen molar-refractivity contribution in [3.8, 4) is 0 Å². The number of hydrogen-bond acceptors (Lipinski definition) is 8. The molecule has 3 amide bonds. The number of aliphatic hydroxyl groups is 1. The summed E-state index contributed by atoms with van der Waals surface area (Å²) < 4.78 is 0. The Balaban J connectivity index is 2.31. The summed E-state index contributed by atoms with van der Waals surface area (Å²) in [7, 11) is 0. The van der Waals surface area contributed by atoms with Crippen molar-refractivity contribution < 1.29 is 49.2 Å². The van der Waals surface area contributed by atoms with Crippen LogP contribution in [0.5, 0.6) is 0 Å². The number of aromatic nitrogens is 1. The zero-order valence-electron chi connectivity index (χ0n) is 21.6. The molecule has 0 fully saturated rings. The predicted octanol–water partition coefficient (Wildman–Crippen LogP) is -1.31. The first-order chi connectivity index (χ1) is 18.8. The van der Waals surface area contributed by atoms with E-state index in [-0.39, 0.29) is 6.42 Å². The fourth-order valence-corrected chi connectivity index (χ4v) is 3.82. The van der Waals surface area contributed by atoms with Crippen LogP contribution in [0, 0.1) is 0 Å². The van der Waals surface area contributed by atoms with Gasteiger partial charge in [0.05, 0.1) is 6.10 Å². The Morgan fingerprint density at radius 3 is 1.93 bits per heavy atom. The van der Waals surface area contributed by atoms with Gasteiger partial charge < -0.3 is 47.1 Å². The highest BCUT2D eigenvalue weighted by Crippen LogP contribution is 2.19.